The third kappa shape index (κ3) is 3.78. The van der Waals surface area contributed by atoms with Gasteiger partial charge in [-0.15, -0.1) is 0 Å². The molecule has 1 atom stereocenters. The zero-order chi connectivity index (χ0) is 18.9. The molecule has 0 amide bonds. The maximum Gasteiger partial charge on any atom is 0.241 e. The summed E-state index contributed by atoms with van der Waals surface area (Å²) in [6, 6.07) is 6.20. The van der Waals surface area contributed by atoms with Gasteiger partial charge in [-0.1, -0.05) is 12.1 Å². The van der Waals surface area contributed by atoms with Crippen molar-refractivity contribution < 1.29 is 21.6 Å². The van der Waals surface area contributed by atoms with Crippen molar-refractivity contribution in [1.29, 1.82) is 0 Å². The monoisotopic (exact) mass is 381 g/mol. The van der Waals surface area contributed by atoms with Gasteiger partial charge in [0.05, 0.1) is 4.90 Å². The van der Waals surface area contributed by atoms with E-state index >= 15 is 0 Å². The largest absolute Gasteiger partial charge is 0.336 e. The SMILES string of the molecule is Cn1ccnc1C(NS(=O)(=O)c1cc(F)cc(F)c1)c1ccc(F)cc1. The van der Waals surface area contributed by atoms with Crippen LogP contribution in [0.5, 0.6) is 0 Å². The molecule has 1 N–H and O–H groups in total. The van der Waals surface area contributed by atoms with Crippen molar-refractivity contribution in [3.05, 3.63) is 83.7 Å². The summed E-state index contributed by atoms with van der Waals surface area (Å²) in [5.74, 6) is -2.18. The van der Waals surface area contributed by atoms with Gasteiger partial charge >= 0.3 is 0 Å². The summed E-state index contributed by atoms with van der Waals surface area (Å²) < 4.78 is 69.3. The molecule has 1 heterocycles. The van der Waals surface area contributed by atoms with Crippen LogP contribution in [-0.2, 0) is 17.1 Å². The van der Waals surface area contributed by atoms with Crippen LogP contribution in [-0.4, -0.2) is 18.0 Å². The van der Waals surface area contributed by atoms with Gasteiger partial charge in [0.1, 0.15) is 29.3 Å². The van der Waals surface area contributed by atoms with Crippen LogP contribution in [0, 0.1) is 17.5 Å². The first-order valence-electron chi connectivity index (χ1n) is 7.47. The number of benzene rings is 2. The van der Waals surface area contributed by atoms with Crippen LogP contribution in [0.15, 0.2) is 59.8 Å². The van der Waals surface area contributed by atoms with Gasteiger partial charge in [-0.3, -0.25) is 0 Å². The summed E-state index contributed by atoms with van der Waals surface area (Å²) in [7, 11) is -2.62. The molecule has 0 bridgehead atoms. The highest BCUT2D eigenvalue weighted by atomic mass is 32.2. The van der Waals surface area contributed by atoms with Crippen LogP contribution in [0.2, 0.25) is 0 Å². The molecule has 0 aliphatic rings. The van der Waals surface area contributed by atoms with E-state index in [0.717, 1.165) is 0 Å². The average molecular weight is 381 g/mol. The van der Waals surface area contributed by atoms with Crippen molar-refractivity contribution in [3.63, 3.8) is 0 Å². The molecule has 3 aromatic rings. The van der Waals surface area contributed by atoms with Crippen LogP contribution >= 0.6 is 0 Å². The van der Waals surface area contributed by atoms with Gasteiger partial charge in [0.25, 0.3) is 0 Å². The van der Waals surface area contributed by atoms with E-state index in [2.05, 4.69) is 9.71 Å². The third-order valence-electron chi connectivity index (χ3n) is 3.74. The summed E-state index contributed by atoms with van der Waals surface area (Å²) in [4.78, 5) is 3.56. The van der Waals surface area contributed by atoms with E-state index in [4.69, 9.17) is 0 Å². The van der Waals surface area contributed by atoms with Gasteiger partial charge in [0, 0.05) is 25.5 Å². The van der Waals surface area contributed by atoms with Gasteiger partial charge in [0.15, 0.2) is 0 Å². The summed E-state index contributed by atoms with van der Waals surface area (Å²) in [6.07, 6.45) is 3.09. The lowest BCUT2D eigenvalue weighted by molar-refractivity contribution is 0.551. The zero-order valence-electron chi connectivity index (χ0n) is 13.5. The number of sulfonamides is 1. The molecule has 0 radical (unpaired) electrons. The number of aryl methyl sites for hydroxylation is 1. The van der Waals surface area contributed by atoms with E-state index < -0.39 is 38.4 Å². The fraction of sp³-hybridized carbons (Fsp3) is 0.118. The molecule has 9 heteroatoms. The Hall–Kier alpha value is -2.65. The molecule has 5 nitrogen and oxygen atoms in total. The van der Waals surface area contributed by atoms with Crippen molar-refractivity contribution in [2.24, 2.45) is 7.05 Å². The summed E-state index contributed by atoms with van der Waals surface area (Å²) >= 11 is 0. The Bertz CT molecular complexity index is 1010. The predicted molar refractivity (Wildman–Crippen MR) is 88.1 cm³/mol. The van der Waals surface area contributed by atoms with Crippen LogP contribution in [0.25, 0.3) is 0 Å². The van der Waals surface area contributed by atoms with E-state index in [1.807, 2.05) is 0 Å². The Kier molecular flexibility index (Phi) is 4.84. The molecule has 0 spiro atoms. The molecule has 1 aromatic heterocycles. The number of imidazole rings is 1. The minimum atomic E-state index is -4.28. The number of rotatable bonds is 5. The molecule has 3 rings (SSSR count). The molecule has 0 aliphatic heterocycles. The van der Waals surface area contributed by atoms with Crippen LogP contribution in [0.3, 0.4) is 0 Å². The van der Waals surface area contributed by atoms with E-state index in [1.54, 1.807) is 17.8 Å². The Morgan fingerprint density at radius 3 is 2.15 bits per heavy atom. The second kappa shape index (κ2) is 6.93. The van der Waals surface area contributed by atoms with Gasteiger partial charge in [0.2, 0.25) is 10.0 Å². The quantitative estimate of drug-likeness (QED) is 0.739. The fourth-order valence-corrected chi connectivity index (χ4v) is 3.71. The van der Waals surface area contributed by atoms with Gasteiger partial charge in [-0.25, -0.2) is 26.6 Å². The molecule has 0 aliphatic carbocycles. The summed E-state index contributed by atoms with van der Waals surface area (Å²) in [5, 5.41) is 0. The van der Waals surface area contributed by atoms with Crippen LogP contribution in [0.1, 0.15) is 17.4 Å². The lowest BCUT2D eigenvalue weighted by atomic mass is 10.1. The maximum atomic E-state index is 13.4. The Labute approximate surface area is 148 Å². The summed E-state index contributed by atoms with van der Waals surface area (Å²) in [5.41, 5.74) is 0.418. The molecule has 0 fully saturated rings. The molecule has 2 aromatic carbocycles. The second-order valence-corrected chi connectivity index (χ2v) is 7.32. The minimum absolute atomic E-state index is 0.331. The lowest BCUT2D eigenvalue weighted by Crippen LogP contribution is -2.31. The first kappa shape index (κ1) is 18.2. The van der Waals surface area contributed by atoms with Gasteiger partial charge < -0.3 is 4.57 Å². The van der Waals surface area contributed by atoms with Crippen molar-refractivity contribution in [2.75, 3.05) is 0 Å². The van der Waals surface area contributed by atoms with Crippen molar-refractivity contribution in [3.8, 4) is 0 Å². The summed E-state index contributed by atoms with van der Waals surface area (Å²) in [6.45, 7) is 0. The Morgan fingerprint density at radius 2 is 1.62 bits per heavy atom. The average Bonchev–Trinajstić information content (AvgIpc) is 2.98. The lowest BCUT2D eigenvalue weighted by Gasteiger charge is -2.19. The smallest absolute Gasteiger partial charge is 0.241 e. The van der Waals surface area contributed by atoms with Crippen molar-refractivity contribution in [2.45, 2.75) is 10.9 Å². The first-order chi connectivity index (χ1) is 12.3. The number of hydrogen-bond acceptors (Lipinski definition) is 3. The molecule has 0 saturated carbocycles. The Balaban J connectivity index is 2.05. The van der Waals surface area contributed by atoms with Crippen LogP contribution < -0.4 is 4.72 Å². The fourth-order valence-electron chi connectivity index (χ4n) is 2.49. The molecular formula is C17H14F3N3O2S. The van der Waals surface area contributed by atoms with Crippen molar-refractivity contribution >= 4 is 10.0 Å². The second-order valence-electron chi connectivity index (χ2n) is 5.61. The molecule has 26 heavy (non-hydrogen) atoms. The molecule has 1 unspecified atom stereocenters. The Morgan fingerprint density at radius 1 is 1.00 bits per heavy atom. The number of aromatic nitrogens is 2. The van der Waals surface area contributed by atoms with E-state index in [9.17, 15) is 21.6 Å². The van der Waals surface area contributed by atoms with E-state index in [-0.39, 0.29) is 0 Å². The van der Waals surface area contributed by atoms with Gasteiger partial charge in [-0.05, 0) is 29.8 Å². The molecular weight excluding hydrogens is 367 g/mol. The van der Waals surface area contributed by atoms with Gasteiger partial charge in [-0.2, -0.15) is 4.72 Å². The number of nitrogens with zero attached hydrogens (tertiary/aromatic N) is 2. The van der Waals surface area contributed by atoms with Crippen molar-refractivity contribution in [1.82, 2.24) is 14.3 Å². The van der Waals surface area contributed by atoms with Crippen LogP contribution in [0.4, 0.5) is 13.2 Å². The highest BCUT2D eigenvalue weighted by molar-refractivity contribution is 7.89. The highest BCUT2D eigenvalue weighted by Gasteiger charge is 2.26. The van der Waals surface area contributed by atoms with E-state index in [1.165, 1.54) is 30.5 Å². The third-order valence-corrected chi connectivity index (χ3v) is 5.14. The predicted octanol–water partition coefficient (Wildman–Crippen LogP) is 2.91. The topological polar surface area (TPSA) is 64.0 Å². The molecule has 136 valence electrons. The molecule has 0 saturated heterocycles. The maximum absolute atomic E-state index is 13.4. The normalized spacial score (nSPS) is 12.9. The van der Waals surface area contributed by atoms with E-state index in [0.29, 0.717) is 29.6 Å². The number of halogens is 3. The zero-order valence-corrected chi connectivity index (χ0v) is 14.3. The number of hydrogen-bond donors (Lipinski definition) is 1. The highest BCUT2D eigenvalue weighted by Crippen LogP contribution is 2.24. The standard InChI is InChI=1S/C17H14F3N3O2S/c1-23-7-6-21-17(23)16(11-2-4-12(18)5-3-11)22-26(24,25)15-9-13(19)8-14(20)10-15/h2-10,16,22H,1H3. The number of nitrogens with one attached hydrogen (secondary N) is 1. The minimum Gasteiger partial charge on any atom is -0.336 e. The first-order valence-corrected chi connectivity index (χ1v) is 8.96.